The molecular weight excluding hydrogens is 348 g/mol. The Morgan fingerprint density at radius 3 is 2.32 bits per heavy atom. The number of rotatable bonds is 6. The standard InChI is InChI=1S/C24H30N2O2/c1-17(2)25-24(28)21-9-6-10-22(16-21)26-23(27)15-18-11-13-20(14-12-18)19-7-4-3-5-8-19/h3-5,7-8,11-14,17,21-22H,6,9-10,15-16H2,1-2H3,(H,25,28)(H,26,27). The number of amides is 2. The summed E-state index contributed by atoms with van der Waals surface area (Å²) in [5, 5.41) is 6.13. The van der Waals surface area contributed by atoms with Gasteiger partial charge in [-0.15, -0.1) is 0 Å². The topological polar surface area (TPSA) is 58.2 Å². The van der Waals surface area contributed by atoms with Crippen molar-refractivity contribution in [2.75, 3.05) is 0 Å². The second-order valence-electron chi connectivity index (χ2n) is 8.03. The van der Waals surface area contributed by atoms with Gasteiger partial charge in [0.25, 0.3) is 0 Å². The number of benzene rings is 2. The van der Waals surface area contributed by atoms with E-state index >= 15 is 0 Å². The molecule has 2 unspecified atom stereocenters. The van der Waals surface area contributed by atoms with E-state index in [4.69, 9.17) is 0 Å². The summed E-state index contributed by atoms with van der Waals surface area (Å²) in [5.41, 5.74) is 3.32. The van der Waals surface area contributed by atoms with Gasteiger partial charge in [-0.25, -0.2) is 0 Å². The lowest BCUT2D eigenvalue weighted by molar-refractivity contribution is -0.128. The Kier molecular flexibility index (Phi) is 6.85. The fourth-order valence-corrected chi connectivity index (χ4v) is 3.87. The lowest BCUT2D eigenvalue weighted by Gasteiger charge is -2.29. The molecule has 1 fully saturated rings. The minimum Gasteiger partial charge on any atom is -0.354 e. The molecule has 4 nitrogen and oxygen atoms in total. The van der Waals surface area contributed by atoms with Gasteiger partial charge in [0.1, 0.15) is 0 Å². The minimum atomic E-state index is 0.00612. The van der Waals surface area contributed by atoms with Gasteiger partial charge in [0.2, 0.25) is 11.8 Å². The van der Waals surface area contributed by atoms with E-state index in [9.17, 15) is 9.59 Å². The maximum absolute atomic E-state index is 12.5. The molecule has 1 saturated carbocycles. The fraction of sp³-hybridized carbons (Fsp3) is 0.417. The van der Waals surface area contributed by atoms with Crippen LogP contribution < -0.4 is 10.6 Å². The van der Waals surface area contributed by atoms with Crippen LogP contribution in [0, 0.1) is 5.92 Å². The molecule has 0 bridgehead atoms. The molecule has 0 aromatic heterocycles. The average Bonchev–Trinajstić information content (AvgIpc) is 2.69. The monoisotopic (exact) mass is 378 g/mol. The van der Waals surface area contributed by atoms with Gasteiger partial charge in [0.05, 0.1) is 6.42 Å². The fourth-order valence-electron chi connectivity index (χ4n) is 3.87. The first kappa shape index (κ1) is 20.1. The van der Waals surface area contributed by atoms with Gasteiger partial charge < -0.3 is 10.6 Å². The van der Waals surface area contributed by atoms with E-state index in [2.05, 4.69) is 34.9 Å². The van der Waals surface area contributed by atoms with E-state index < -0.39 is 0 Å². The Balaban J connectivity index is 1.51. The summed E-state index contributed by atoms with van der Waals surface area (Å²) < 4.78 is 0. The van der Waals surface area contributed by atoms with Gasteiger partial charge in [0, 0.05) is 18.0 Å². The summed E-state index contributed by atoms with van der Waals surface area (Å²) in [4.78, 5) is 24.7. The van der Waals surface area contributed by atoms with Crippen LogP contribution in [0.1, 0.15) is 45.1 Å². The van der Waals surface area contributed by atoms with Gasteiger partial charge in [-0.3, -0.25) is 9.59 Å². The molecular formula is C24H30N2O2. The van der Waals surface area contributed by atoms with Gasteiger partial charge in [-0.1, -0.05) is 61.0 Å². The molecule has 1 aliphatic carbocycles. The van der Waals surface area contributed by atoms with E-state index in [-0.39, 0.29) is 29.8 Å². The summed E-state index contributed by atoms with van der Waals surface area (Å²) >= 11 is 0. The van der Waals surface area contributed by atoms with Crippen molar-refractivity contribution in [2.45, 2.75) is 58.0 Å². The van der Waals surface area contributed by atoms with E-state index in [0.29, 0.717) is 6.42 Å². The van der Waals surface area contributed by atoms with Crippen molar-refractivity contribution in [2.24, 2.45) is 5.92 Å². The van der Waals surface area contributed by atoms with Gasteiger partial charge >= 0.3 is 0 Å². The smallest absolute Gasteiger partial charge is 0.224 e. The van der Waals surface area contributed by atoms with Crippen LogP contribution >= 0.6 is 0 Å². The molecule has 2 aromatic rings. The van der Waals surface area contributed by atoms with Crippen LogP contribution in [0.4, 0.5) is 0 Å². The van der Waals surface area contributed by atoms with Crippen molar-refractivity contribution in [3.63, 3.8) is 0 Å². The zero-order valence-electron chi connectivity index (χ0n) is 16.8. The molecule has 2 N–H and O–H groups in total. The third-order valence-electron chi connectivity index (χ3n) is 5.27. The molecule has 3 rings (SSSR count). The highest BCUT2D eigenvalue weighted by Gasteiger charge is 2.28. The molecule has 0 saturated heterocycles. The van der Waals surface area contributed by atoms with Crippen LogP contribution in [0.5, 0.6) is 0 Å². The first-order valence-corrected chi connectivity index (χ1v) is 10.3. The summed E-state index contributed by atoms with van der Waals surface area (Å²) in [5.74, 6) is 0.152. The Labute approximate surface area is 167 Å². The van der Waals surface area contributed by atoms with Crippen molar-refractivity contribution in [1.29, 1.82) is 0 Å². The van der Waals surface area contributed by atoms with Crippen LogP contribution in [-0.2, 0) is 16.0 Å². The molecule has 1 aliphatic rings. The second kappa shape index (κ2) is 9.54. The summed E-state index contributed by atoms with van der Waals surface area (Å²) in [7, 11) is 0. The number of carbonyl (C=O) groups excluding carboxylic acids is 2. The van der Waals surface area contributed by atoms with Crippen molar-refractivity contribution in [3.05, 3.63) is 60.2 Å². The number of carbonyl (C=O) groups is 2. The van der Waals surface area contributed by atoms with E-state index in [1.165, 1.54) is 5.56 Å². The van der Waals surface area contributed by atoms with Crippen molar-refractivity contribution >= 4 is 11.8 Å². The van der Waals surface area contributed by atoms with Crippen molar-refractivity contribution in [1.82, 2.24) is 10.6 Å². The predicted octanol–water partition coefficient (Wildman–Crippen LogP) is 4.10. The SMILES string of the molecule is CC(C)NC(=O)C1CCCC(NC(=O)Cc2ccc(-c3ccccc3)cc2)C1. The van der Waals surface area contributed by atoms with Crippen molar-refractivity contribution < 1.29 is 9.59 Å². The Morgan fingerprint density at radius 1 is 0.964 bits per heavy atom. The van der Waals surface area contributed by atoms with Gasteiger partial charge in [-0.2, -0.15) is 0 Å². The van der Waals surface area contributed by atoms with E-state index in [0.717, 1.165) is 36.8 Å². The molecule has 0 heterocycles. The maximum atomic E-state index is 12.5. The number of hydrogen-bond acceptors (Lipinski definition) is 2. The van der Waals surface area contributed by atoms with Crippen LogP contribution in [-0.4, -0.2) is 23.9 Å². The molecule has 4 heteroatoms. The first-order valence-electron chi connectivity index (χ1n) is 10.3. The van der Waals surface area contributed by atoms with E-state index in [1.54, 1.807) is 0 Å². The Bertz CT molecular complexity index is 784. The van der Waals surface area contributed by atoms with E-state index in [1.807, 2.05) is 44.2 Å². The Morgan fingerprint density at radius 2 is 1.64 bits per heavy atom. The lowest BCUT2D eigenvalue weighted by Crippen LogP contribution is -2.44. The molecule has 148 valence electrons. The second-order valence-corrected chi connectivity index (χ2v) is 8.03. The molecule has 2 atom stereocenters. The first-order chi connectivity index (χ1) is 13.5. The van der Waals surface area contributed by atoms with Crippen LogP contribution in [0.25, 0.3) is 11.1 Å². The van der Waals surface area contributed by atoms with Crippen LogP contribution in [0.15, 0.2) is 54.6 Å². The number of nitrogens with one attached hydrogen (secondary N) is 2. The highest BCUT2D eigenvalue weighted by molar-refractivity contribution is 5.80. The molecule has 28 heavy (non-hydrogen) atoms. The largest absolute Gasteiger partial charge is 0.354 e. The minimum absolute atomic E-state index is 0.00612. The summed E-state index contributed by atoms with van der Waals surface area (Å²) in [6.07, 6.45) is 3.94. The normalized spacial score (nSPS) is 19.2. The molecule has 0 aliphatic heterocycles. The van der Waals surface area contributed by atoms with Crippen molar-refractivity contribution in [3.8, 4) is 11.1 Å². The summed E-state index contributed by atoms with van der Waals surface area (Å²) in [6, 6.07) is 18.6. The van der Waals surface area contributed by atoms with Gasteiger partial charge in [-0.05, 0) is 49.8 Å². The third kappa shape index (κ3) is 5.69. The predicted molar refractivity (Wildman–Crippen MR) is 113 cm³/mol. The zero-order chi connectivity index (χ0) is 19.9. The summed E-state index contributed by atoms with van der Waals surface area (Å²) in [6.45, 7) is 3.95. The third-order valence-corrected chi connectivity index (χ3v) is 5.27. The zero-order valence-corrected chi connectivity index (χ0v) is 16.8. The van der Waals surface area contributed by atoms with Gasteiger partial charge in [0.15, 0.2) is 0 Å². The number of hydrogen-bond donors (Lipinski definition) is 2. The average molecular weight is 379 g/mol. The van der Waals surface area contributed by atoms with Crippen LogP contribution in [0.2, 0.25) is 0 Å². The highest BCUT2D eigenvalue weighted by Crippen LogP contribution is 2.25. The highest BCUT2D eigenvalue weighted by atomic mass is 16.2. The molecule has 0 radical (unpaired) electrons. The molecule has 2 aromatic carbocycles. The maximum Gasteiger partial charge on any atom is 0.224 e. The van der Waals surface area contributed by atoms with Crippen LogP contribution in [0.3, 0.4) is 0 Å². The molecule has 0 spiro atoms. The molecule has 2 amide bonds. The lowest BCUT2D eigenvalue weighted by atomic mass is 9.85. The quantitative estimate of drug-likeness (QED) is 0.795. The Hall–Kier alpha value is -2.62.